The summed E-state index contributed by atoms with van der Waals surface area (Å²) in [5.74, 6) is -0.216. The van der Waals surface area contributed by atoms with Crippen molar-refractivity contribution in [3.8, 4) is 0 Å². The van der Waals surface area contributed by atoms with E-state index in [0.717, 1.165) is 5.56 Å². The van der Waals surface area contributed by atoms with E-state index in [1.807, 2.05) is 30.0 Å². The highest BCUT2D eigenvalue weighted by atomic mass is 35.5. The molecule has 19 heavy (non-hydrogen) atoms. The summed E-state index contributed by atoms with van der Waals surface area (Å²) < 4.78 is 13.8. The lowest BCUT2D eigenvalue weighted by atomic mass is 10.1. The lowest BCUT2D eigenvalue weighted by Crippen LogP contribution is -2.23. The third-order valence-corrected chi connectivity index (χ3v) is 3.35. The third-order valence-electron chi connectivity index (χ3n) is 3.01. The van der Waals surface area contributed by atoms with Crippen molar-refractivity contribution < 1.29 is 4.39 Å². The molecular weight excluding hydrogens is 263 g/mol. The van der Waals surface area contributed by atoms with Gasteiger partial charge in [0.25, 0.3) is 0 Å². The van der Waals surface area contributed by atoms with Crippen LogP contribution in [0.4, 0.5) is 15.8 Å². The van der Waals surface area contributed by atoms with Gasteiger partial charge in [-0.1, -0.05) is 29.8 Å². The second-order valence-corrected chi connectivity index (χ2v) is 4.73. The van der Waals surface area contributed by atoms with Crippen LogP contribution in [0.25, 0.3) is 0 Å². The lowest BCUT2D eigenvalue weighted by molar-refractivity contribution is 0.618. The predicted molar refractivity (Wildman–Crippen MR) is 79.0 cm³/mol. The quantitative estimate of drug-likeness (QED) is 0.854. The first-order valence-corrected chi connectivity index (χ1v) is 6.53. The van der Waals surface area contributed by atoms with Crippen molar-refractivity contribution in [1.29, 1.82) is 0 Å². The molecule has 0 aliphatic rings. The van der Waals surface area contributed by atoms with Crippen LogP contribution < -0.4 is 10.6 Å². The predicted octanol–water partition coefficient (Wildman–Crippen LogP) is 4.09. The molecule has 2 rings (SSSR count). The molecule has 0 amide bonds. The monoisotopic (exact) mass is 278 g/mol. The fraction of sp³-hybridized carbons (Fsp3) is 0.200. The fourth-order valence-electron chi connectivity index (χ4n) is 1.99. The Kier molecular flexibility index (Phi) is 4.27. The molecule has 0 fully saturated rings. The molecule has 0 aliphatic heterocycles. The van der Waals surface area contributed by atoms with Gasteiger partial charge >= 0.3 is 0 Å². The van der Waals surface area contributed by atoms with E-state index >= 15 is 0 Å². The molecule has 2 nitrogen and oxygen atoms in total. The number of anilines is 2. The van der Waals surface area contributed by atoms with Gasteiger partial charge in [-0.05, 0) is 36.8 Å². The molecule has 0 unspecified atom stereocenters. The molecule has 0 spiro atoms. The second kappa shape index (κ2) is 5.93. The van der Waals surface area contributed by atoms with Crippen molar-refractivity contribution >= 4 is 23.0 Å². The molecule has 2 aromatic rings. The van der Waals surface area contributed by atoms with E-state index in [4.69, 9.17) is 17.3 Å². The van der Waals surface area contributed by atoms with Gasteiger partial charge < -0.3 is 10.6 Å². The molecule has 100 valence electrons. The highest BCUT2D eigenvalue weighted by Gasteiger charge is 2.10. The Morgan fingerprint density at radius 1 is 1.21 bits per heavy atom. The molecule has 0 saturated heterocycles. The van der Waals surface area contributed by atoms with Crippen LogP contribution >= 0.6 is 11.6 Å². The van der Waals surface area contributed by atoms with Crippen LogP contribution in [0.1, 0.15) is 12.5 Å². The molecule has 4 heteroatoms. The third kappa shape index (κ3) is 3.18. The van der Waals surface area contributed by atoms with E-state index in [-0.39, 0.29) is 5.82 Å². The zero-order valence-electron chi connectivity index (χ0n) is 10.7. The van der Waals surface area contributed by atoms with Gasteiger partial charge in [0.1, 0.15) is 5.82 Å². The second-order valence-electron chi connectivity index (χ2n) is 4.32. The minimum absolute atomic E-state index is 0.216. The summed E-state index contributed by atoms with van der Waals surface area (Å²) in [5, 5.41) is 0.540. The molecule has 0 aromatic heterocycles. The highest BCUT2D eigenvalue weighted by Crippen LogP contribution is 2.24. The van der Waals surface area contributed by atoms with E-state index in [0.29, 0.717) is 29.5 Å². The van der Waals surface area contributed by atoms with Crippen LogP contribution in [0.15, 0.2) is 42.5 Å². The highest BCUT2D eigenvalue weighted by molar-refractivity contribution is 6.33. The molecular formula is C15H16ClFN2. The number of nitrogens with two attached hydrogens (primary N) is 1. The SMILES string of the molecule is CCN(Cc1ccc(Cl)c(N)c1)c1ccccc1F. The lowest BCUT2D eigenvalue weighted by Gasteiger charge is -2.24. The zero-order valence-corrected chi connectivity index (χ0v) is 11.5. The van der Waals surface area contributed by atoms with E-state index in [2.05, 4.69) is 0 Å². The van der Waals surface area contributed by atoms with Crippen LogP contribution in [-0.2, 0) is 6.54 Å². The number of hydrogen-bond donors (Lipinski definition) is 1. The Morgan fingerprint density at radius 3 is 2.58 bits per heavy atom. The van der Waals surface area contributed by atoms with E-state index in [9.17, 15) is 4.39 Å². The van der Waals surface area contributed by atoms with Gasteiger partial charge in [0.15, 0.2) is 0 Å². The maximum atomic E-state index is 13.8. The normalized spacial score (nSPS) is 10.5. The van der Waals surface area contributed by atoms with Crippen LogP contribution in [0.2, 0.25) is 5.02 Å². The maximum Gasteiger partial charge on any atom is 0.146 e. The van der Waals surface area contributed by atoms with Crippen LogP contribution in [-0.4, -0.2) is 6.54 Å². The maximum absolute atomic E-state index is 13.8. The van der Waals surface area contributed by atoms with E-state index in [1.165, 1.54) is 6.07 Å². The topological polar surface area (TPSA) is 29.3 Å². The zero-order chi connectivity index (χ0) is 13.8. The molecule has 0 heterocycles. The first kappa shape index (κ1) is 13.7. The number of hydrogen-bond acceptors (Lipinski definition) is 2. The average molecular weight is 279 g/mol. The summed E-state index contributed by atoms with van der Waals surface area (Å²) in [5.41, 5.74) is 7.93. The summed E-state index contributed by atoms with van der Waals surface area (Å²) >= 11 is 5.89. The van der Waals surface area contributed by atoms with Gasteiger partial charge in [-0.25, -0.2) is 4.39 Å². The number of nitrogen functional groups attached to an aromatic ring is 1. The molecule has 0 atom stereocenters. The number of benzene rings is 2. The molecule has 0 bridgehead atoms. The van der Waals surface area contributed by atoms with Crippen molar-refractivity contribution in [1.82, 2.24) is 0 Å². The molecule has 2 aromatic carbocycles. The van der Waals surface area contributed by atoms with Crippen molar-refractivity contribution in [2.45, 2.75) is 13.5 Å². The number of halogens is 2. The first-order valence-electron chi connectivity index (χ1n) is 6.15. The summed E-state index contributed by atoms with van der Waals surface area (Å²) in [4.78, 5) is 1.96. The number of nitrogens with zero attached hydrogens (tertiary/aromatic N) is 1. The summed E-state index contributed by atoms with van der Waals surface area (Å²) in [6.45, 7) is 3.30. The fourth-order valence-corrected chi connectivity index (χ4v) is 2.11. The molecule has 0 aliphatic carbocycles. The van der Waals surface area contributed by atoms with Crippen molar-refractivity contribution in [3.63, 3.8) is 0 Å². The van der Waals surface area contributed by atoms with Gasteiger partial charge in [0.05, 0.1) is 16.4 Å². The van der Waals surface area contributed by atoms with E-state index in [1.54, 1.807) is 18.2 Å². The van der Waals surface area contributed by atoms with Gasteiger partial charge in [-0.2, -0.15) is 0 Å². The number of rotatable bonds is 4. The molecule has 0 radical (unpaired) electrons. The van der Waals surface area contributed by atoms with Crippen LogP contribution in [0, 0.1) is 5.82 Å². The van der Waals surface area contributed by atoms with Crippen molar-refractivity contribution in [3.05, 3.63) is 58.9 Å². The van der Waals surface area contributed by atoms with Crippen molar-refractivity contribution in [2.75, 3.05) is 17.2 Å². The van der Waals surface area contributed by atoms with Crippen molar-refractivity contribution in [2.24, 2.45) is 0 Å². The Bertz CT molecular complexity index is 572. The van der Waals surface area contributed by atoms with Gasteiger partial charge in [0.2, 0.25) is 0 Å². The Morgan fingerprint density at radius 2 is 1.95 bits per heavy atom. The summed E-state index contributed by atoms with van der Waals surface area (Å²) in [6, 6.07) is 12.3. The van der Waals surface area contributed by atoms with E-state index < -0.39 is 0 Å². The standard InChI is InChI=1S/C15H16ClFN2/c1-2-19(15-6-4-3-5-13(15)17)10-11-7-8-12(16)14(18)9-11/h3-9H,2,10,18H2,1H3. The minimum atomic E-state index is -0.216. The van der Waals surface area contributed by atoms with Gasteiger partial charge in [-0.15, -0.1) is 0 Å². The largest absolute Gasteiger partial charge is 0.398 e. The van der Waals surface area contributed by atoms with Crippen LogP contribution in [0.3, 0.4) is 0 Å². The first-order chi connectivity index (χ1) is 9.11. The Labute approximate surface area is 117 Å². The molecule has 2 N–H and O–H groups in total. The average Bonchev–Trinajstić information content (AvgIpc) is 2.41. The summed E-state index contributed by atoms with van der Waals surface area (Å²) in [7, 11) is 0. The molecule has 0 saturated carbocycles. The van der Waals surface area contributed by atoms with Gasteiger partial charge in [-0.3, -0.25) is 0 Å². The Balaban J connectivity index is 2.24. The summed E-state index contributed by atoms with van der Waals surface area (Å²) in [6.07, 6.45) is 0. The van der Waals surface area contributed by atoms with Gasteiger partial charge in [0, 0.05) is 13.1 Å². The Hall–Kier alpha value is -1.74. The number of para-hydroxylation sites is 1. The minimum Gasteiger partial charge on any atom is -0.398 e. The van der Waals surface area contributed by atoms with Crippen LogP contribution in [0.5, 0.6) is 0 Å². The smallest absolute Gasteiger partial charge is 0.146 e.